The van der Waals surface area contributed by atoms with Crippen molar-refractivity contribution in [2.24, 2.45) is 0 Å². The average Bonchev–Trinajstić information content (AvgIpc) is 3.14. The predicted octanol–water partition coefficient (Wildman–Crippen LogP) is 5.03. The molecule has 6 heteroatoms. The molecular weight excluding hydrogens is 444 g/mol. The van der Waals surface area contributed by atoms with Crippen LogP contribution in [0.15, 0.2) is 91.0 Å². The average molecular weight is 477 g/mol. The maximum Gasteiger partial charge on any atom is 0.186 e. The van der Waals surface area contributed by atoms with E-state index >= 15 is 0 Å². The molecule has 3 aromatic rings. The predicted molar refractivity (Wildman–Crippen MR) is 130 cm³/mol. The molecule has 6 nitrogen and oxygen atoms in total. The molecule has 0 spiro atoms. The number of hydrogen-bond acceptors (Lipinski definition) is 6. The molecule has 0 N–H and O–H groups in total. The fraction of sp³-hybridized carbons (Fsp3) is 0.379. The number of benzene rings is 3. The van der Waals surface area contributed by atoms with Crippen LogP contribution in [0.5, 0.6) is 0 Å². The van der Waals surface area contributed by atoms with Crippen LogP contribution in [0.3, 0.4) is 0 Å². The van der Waals surface area contributed by atoms with Gasteiger partial charge in [-0.05, 0) is 17.5 Å². The summed E-state index contributed by atoms with van der Waals surface area (Å²) in [6.45, 7) is 1.35. The van der Waals surface area contributed by atoms with E-state index in [4.69, 9.17) is 28.4 Å². The Morgan fingerprint density at radius 2 is 1.29 bits per heavy atom. The number of ether oxygens (including phenoxy) is 6. The fourth-order valence-electron chi connectivity index (χ4n) is 4.62. The molecule has 0 radical (unpaired) electrons. The van der Waals surface area contributed by atoms with Crippen LogP contribution in [0, 0.1) is 0 Å². The van der Waals surface area contributed by atoms with E-state index in [9.17, 15) is 0 Å². The van der Waals surface area contributed by atoms with Gasteiger partial charge in [0, 0.05) is 12.7 Å². The summed E-state index contributed by atoms with van der Waals surface area (Å²) in [5.41, 5.74) is 3.11. The first kappa shape index (κ1) is 24.1. The van der Waals surface area contributed by atoms with Crippen molar-refractivity contribution in [2.45, 2.75) is 56.6 Å². The zero-order valence-corrected chi connectivity index (χ0v) is 19.9. The molecule has 2 aliphatic rings. The van der Waals surface area contributed by atoms with E-state index < -0.39 is 30.9 Å². The molecule has 2 heterocycles. The SMILES string of the molecule is CO[C@H]1O[C@@H]2CCO[C@@H](c3ccccc3)O[C@H]2[C@H](OCc2ccccc2)[C@H]1OCc1ccccc1. The summed E-state index contributed by atoms with van der Waals surface area (Å²) < 4.78 is 37.7. The molecule has 184 valence electrons. The van der Waals surface area contributed by atoms with E-state index in [-0.39, 0.29) is 6.10 Å². The fourth-order valence-corrected chi connectivity index (χ4v) is 4.62. The minimum absolute atomic E-state index is 0.244. The zero-order chi connectivity index (χ0) is 23.9. The molecule has 6 atom stereocenters. The summed E-state index contributed by atoms with van der Waals surface area (Å²) >= 11 is 0. The van der Waals surface area contributed by atoms with Gasteiger partial charge in [-0.1, -0.05) is 91.0 Å². The van der Waals surface area contributed by atoms with E-state index in [1.807, 2.05) is 91.0 Å². The molecule has 2 aliphatic heterocycles. The summed E-state index contributed by atoms with van der Waals surface area (Å²) in [7, 11) is 1.64. The van der Waals surface area contributed by atoms with Crippen LogP contribution in [-0.2, 0) is 41.6 Å². The van der Waals surface area contributed by atoms with Gasteiger partial charge in [0.05, 0.1) is 25.9 Å². The molecule has 0 unspecified atom stereocenters. The van der Waals surface area contributed by atoms with E-state index in [0.717, 1.165) is 16.7 Å². The van der Waals surface area contributed by atoms with Crippen molar-refractivity contribution in [3.8, 4) is 0 Å². The second-order valence-corrected chi connectivity index (χ2v) is 8.80. The van der Waals surface area contributed by atoms with Gasteiger partial charge in [-0.2, -0.15) is 0 Å². The molecule has 0 aromatic heterocycles. The Hall–Kier alpha value is -2.58. The van der Waals surface area contributed by atoms with Gasteiger partial charge in [-0.3, -0.25) is 0 Å². The smallest absolute Gasteiger partial charge is 0.186 e. The topological polar surface area (TPSA) is 55.4 Å². The normalized spacial score (nSPS) is 28.7. The Bertz CT molecular complexity index is 1020. The largest absolute Gasteiger partial charge is 0.368 e. The molecule has 2 saturated heterocycles. The highest BCUT2D eigenvalue weighted by Crippen LogP contribution is 2.36. The van der Waals surface area contributed by atoms with Crippen LogP contribution in [0.4, 0.5) is 0 Å². The molecule has 0 amide bonds. The van der Waals surface area contributed by atoms with Crippen LogP contribution in [0.1, 0.15) is 29.4 Å². The lowest BCUT2D eigenvalue weighted by atomic mass is 9.96. The Labute approximate surface area is 206 Å². The van der Waals surface area contributed by atoms with E-state index in [1.165, 1.54) is 0 Å². The van der Waals surface area contributed by atoms with Gasteiger partial charge in [-0.15, -0.1) is 0 Å². The number of methoxy groups -OCH3 is 1. The second kappa shape index (κ2) is 11.9. The molecule has 0 saturated carbocycles. The molecule has 3 aromatic carbocycles. The quantitative estimate of drug-likeness (QED) is 0.454. The number of rotatable bonds is 8. The third kappa shape index (κ3) is 5.98. The Balaban J connectivity index is 1.41. The summed E-state index contributed by atoms with van der Waals surface area (Å²) in [5.74, 6) is 0. The van der Waals surface area contributed by atoms with E-state index in [0.29, 0.717) is 26.2 Å². The van der Waals surface area contributed by atoms with Crippen LogP contribution in [0.25, 0.3) is 0 Å². The highest BCUT2D eigenvalue weighted by Gasteiger charge is 2.50. The van der Waals surface area contributed by atoms with Crippen molar-refractivity contribution < 1.29 is 28.4 Å². The summed E-state index contributed by atoms with van der Waals surface area (Å²) in [4.78, 5) is 0. The third-order valence-electron chi connectivity index (χ3n) is 6.42. The molecule has 0 aliphatic carbocycles. The first-order valence-electron chi connectivity index (χ1n) is 12.1. The van der Waals surface area contributed by atoms with Crippen molar-refractivity contribution in [2.75, 3.05) is 13.7 Å². The van der Waals surface area contributed by atoms with E-state index in [2.05, 4.69) is 0 Å². The van der Waals surface area contributed by atoms with Crippen molar-refractivity contribution in [3.63, 3.8) is 0 Å². The first-order valence-corrected chi connectivity index (χ1v) is 12.1. The molecule has 2 fully saturated rings. The lowest BCUT2D eigenvalue weighted by Crippen LogP contribution is -2.60. The van der Waals surface area contributed by atoms with Gasteiger partial charge >= 0.3 is 0 Å². The minimum Gasteiger partial charge on any atom is -0.368 e. The minimum atomic E-state index is -0.586. The number of fused-ring (bicyclic) bond motifs is 1. The zero-order valence-electron chi connectivity index (χ0n) is 19.9. The standard InChI is InChI=1S/C29H32O6/c1-30-29-27(33-20-22-13-7-3-8-14-22)26(32-19-21-11-5-2-6-12-21)25-24(34-29)17-18-31-28(35-25)23-15-9-4-10-16-23/h2-16,24-29H,17-20H2,1H3/t24-,25-,26+,27-,28-,29+/m1/s1. The Morgan fingerprint density at radius 1 is 0.714 bits per heavy atom. The van der Waals surface area contributed by atoms with Gasteiger partial charge in [0.25, 0.3) is 0 Å². The molecule has 0 bridgehead atoms. The summed E-state index contributed by atoms with van der Waals surface area (Å²) in [6, 6.07) is 30.1. The Morgan fingerprint density at radius 3 is 1.89 bits per heavy atom. The lowest BCUT2D eigenvalue weighted by Gasteiger charge is -2.45. The second-order valence-electron chi connectivity index (χ2n) is 8.80. The monoisotopic (exact) mass is 476 g/mol. The van der Waals surface area contributed by atoms with Crippen LogP contribution in [-0.4, -0.2) is 44.4 Å². The van der Waals surface area contributed by atoms with Crippen molar-refractivity contribution in [3.05, 3.63) is 108 Å². The van der Waals surface area contributed by atoms with Crippen LogP contribution >= 0.6 is 0 Å². The maximum atomic E-state index is 6.57. The van der Waals surface area contributed by atoms with Crippen molar-refractivity contribution in [1.82, 2.24) is 0 Å². The number of hydrogen-bond donors (Lipinski definition) is 0. The van der Waals surface area contributed by atoms with Gasteiger partial charge in [0.2, 0.25) is 0 Å². The summed E-state index contributed by atoms with van der Waals surface area (Å²) in [6.07, 6.45) is -1.96. The third-order valence-corrected chi connectivity index (χ3v) is 6.42. The van der Waals surface area contributed by atoms with Gasteiger partial charge < -0.3 is 28.4 Å². The maximum absolute atomic E-state index is 6.57. The van der Waals surface area contributed by atoms with E-state index in [1.54, 1.807) is 7.11 Å². The summed E-state index contributed by atoms with van der Waals surface area (Å²) in [5, 5.41) is 0. The molecular formula is C29H32O6. The van der Waals surface area contributed by atoms with Gasteiger partial charge in [0.1, 0.15) is 18.3 Å². The lowest BCUT2D eigenvalue weighted by molar-refractivity contribution is -0.325. The van der Waals surface area contributed by atoms with Crippen LogP contribution in [0.2, 0.25) is 0 Å². The highest BCUT2D eigenvalue weighted by molar-refractivity contribution is 5.17. The Kier molecular flexibility index (Phi) is 8.21. The molecule has 5 rings (SSSR count). The van der Waals surface area contributed by atoms with Crippen molar-refractivity contribution >= 4 is 0 Å². The molecule has 35 heavy (non-hydrogen) atoms. The first-order chi connectivity index (χ1) is 17.3. The van der Waals surface area contributed by atoms with Gasteiger partial charge in [0.15, 0.2) is 12.6 Å². The van der Waals surface area contributed by atoms with Crippen LogP contribution < -0.4 is 0 Å². The highest BCUT2D eigenvalue weighted by atomic mass is 16.7. The van der Waals surface area contributed by atoms with Crippen molar-refractivity contribution in [1.29, 1.82) is 0 Å². The van der Waals surface area contributed by atoms with Gasteiger partial charge in [-0.25, -0.2) is 0 Å².